The highest BCUT2D eigenvalue weighted by atomic mass is 16.5. The quantitative estimate of drug-likeness (QED) is 0.447. The van der Waals surface area contributed by atoms with Gasteiger partial charge in [-0.15, -0.1) is 0 Å². The van der Waals surface area contributed by atoms with E-state index in [9.17, 15) is 14.4 Å². The van der Waals surface area contributed by atoms with Crippen LogP contribution in [0.3, 0.4) is 0 Å². The molecule has 8 heteroatoms. The molecule has 1 unspecified atom stereocenters. The van der Waals surface area contributed by atoms with Crippen LogP contribution in [0.25, 0.3) is 0 Å². The van der Waals surface area contributed by atoms with E-state index in [2.05, 4.69) is 10.6 Å². The molecule has 104 valence electrons. The van der Waals surface area contributed by atoms with Crippen molar-refractivity contribution in [2.24, 2.45) is 5.73 Å². The van der Waals surface area contributed by atoms with Crippen molar-refractivity contribution in [3.63, 3.8) is 0 Å². The van der Waals surface area contributed by atoms with Crippen molar-refractivity contribution in [3.8, 4) is 0 Å². The van der Waals surface area contributed by atoms with Crippen LogP contribution in [0.15, 0.2) is 0 Å². The van der Waals surface area contributed by atoms with Crippen LogP contribution >= 0.6 is 0 Å². The summed E-state index contributed by atoms with van der Waals surface area (Å²) in [6.45, 7) is 2.23. The number of rotatable bonds is 8. The van der Waals surface area contributed by atoms with Crippen LogP contribution in [0.5, 0.6) is 0 Å². The SMILES string of the molecule is COCCC(C)NC(=O)N[C@@H](CC(N)=O)C(=O)O. The fourth-order valence-electron chi connectivity index (χ4n) is 1.19. The zero-order valence-electron chi connectivity index (χ0n) is 10.4. The van der Waals surface area contributed by atoms with Gasteiger partial charge in [-0.3, -0.25) is 4.79 Å². The number of carboxylic acid groups (broad SMARTS) is 1. The van der Waals surface area contributed by atoms with Crippen molar-refractivity contribution in [2.75, 3.05) is 13.7 Å². The summed E-state index contributed by atoms with van der Waals surface area (Å²) in [7, 11) is 1.54. The highest BCUT2D eigenvalue weighted by Crippen LogP contribution is 1.94. The van der Waals surface area contributed by atoms with Crippen molar-refractivity contribution >= 4 is 17.9 Å². The summed E-state index contributed by atoms with van der Waals surface area (Å²) in [4.78, 5) is 32.8. The monoisotopic (exact) mass is 261 g/mol. The molecule has 0 radical (unpaired) electrons. The number of hydrogen-bond acceptors (Lipinski definition) is 4. The first kappa shape index (κ1) is 16.2. The number of methoxy groups -OCH3 is 1. The molecule has 0 aliphatic heterocycles. The summed E-state index contributed by atoms with van der Waals surface area (Å²) in [5.74, 6) is -2.11. The number of hydrogen-bond donors (Lipinski definition) is 4. The molecule has 8 nitrogen and oxygen atoms in total. The fraction of sp³-hybridized carbons (Fsp3) is 0.700. The highest BCUT2D eigenvalue weighted by Gasteiger charge is 2.22. The minimum Gasteiger partial charge on any atom is -0.480 e. The highest BCUT2D eigenvalue weighted by molar-refractivity contribution is 5.87. The molecule has 0 fully saturated rings. The molecule has 0 heterocycles. The Kier molecular flexibility index (Phi) is 7.45. The second kappa shape index (κ2) is 8.29. The summed E-state index contributed by atoms with van der Waals surface area (Å²) in [6.07, 6.45) is 0.146. The first-order chi connectivity index (χ1) is 8.36. The molecule has 0 aromatic rings. The molecule has 0 saturated carbocycles. The van der Waals surface area contributed by atoms with Gasteiger partial charge < -0.3 is 26.2 Å². The van der Waals surface area contributed by atoms with Gasteiger partial charge in [-0.2, -0.15) is 0 Å². The maximum atomic E-state index is 11.4. The first-order valence-electron chi connectivity index (χ1n) is 5.44. The van der Waals surface area contributed by atoms with Crippen LogP contribution in [0, 0.1) is 0 Å². The van der Waals surface area contributed by atoms with Gasteiger partial charge >= 0.3 is 12.0 Å². The Labute approximate surface area is 105 Å². The molecule has 0 aliphatic carbocycles. The molecule has 5 N–H and O–H groups in total. The normalized spacial score (nSPS) is 13.4. The predicted octanol–water partition coefficient (Wildman–Crippen LogP) is -0.961. The average Bonchev–Trinajstić information content (AvgIpc) is 2.24. The van der Waals surface area contributed by atoms with Crippen molar-refractivity contribution in [1.82, 2.24) is 10.6 Å². The van der Waals surface area contributed by atoms with Crippen LogP contribution in [-0.2, 0) is 14.3 Å². The van der Waals surface area contributed by atoms with E-state index in [4.69, 9.17) is 15.6 Å². The largest absolute Gasteiger partial charge is 0.480 e. The molecule has 0 rings (SSSR count). The second-order valence-corrected chi connectivity index (χ2v) is 3.86. The summed E-state index contributed by atoms with van der Waals surface area (Å²) < 4.78 is 4.84. The minimum atomic E-state index is -1.32. The number of urea groups is 1. The lowest BCUT2D eigenvalue weighted by atomic mass is 10.2. The van der Waals surface area contributed by atoms with E-state index in [1.165, 1.54) is 0 Å². The predicted molar refractivity (Wildman–Crippen MR) is 62.9 cm³/mol. The van der Waals surface area contributed by atoms with Gasteiger partial charge in [0.15, 0.2) is 0 Å². The Morgan fingerprint density at radius 3 is 2.39 bits per heavy atom. The van der Waals surface area contributed by atoms with Crippen molar-refractivity contribution < 1.29 is 24.2 Å². The lowest BCUT2D eigenvalue weighted by Crippen LogP contribution is -2.49. The Morgan fingerprint density at radius 1 is 1.33 bits per heavy atom. The molecule has 0 aromatic carbocycles. The number of aliphatic carboxylic acids is 1. The standard InChI is InChI=1S/C10H19N3O5/c1-6(3-4-18-2)12-10(17)13-7(9(15)16)5-8(11)14/h6-7H,3-5H2,1-2H3,(H2,11,14)(H,15,16)(H2,12,13,17)/t6?,7-/m0/s1. The van der Waals surface area contributed by atoms with E-state index in [0.717, 1.165) is 0 Å². The van der Waals surface area contributed by atoms with Gasteiger partial charge in [0.2, 0.25) is 5.91 Å². The van der Waals surface area contributed by atoms with Gasteiger partial charge in [0.05, 0.1) is 6.42 Å². The maximum absolute atomic E-state index is 11.4. The third-order valence-corrected chi connectivity index (χ3v) is 2.14. The van der Waals surface area contributed by atoms with Crippen LogP contribution < -0.4 is 16.4 Å². The molecule has 3 amide bonds. The van der Waals surface area contributed by atoms with Gasteiger partial charge in [0, 0.05) is 19.8 Å². The number of carbonyl (C=O) groups excluding carboxylic acids is 2. The fourth-order valence-corrected chi connectivity index (χ4v) is 1.19. The molecule has 0 aliphatic rings. The van der Waals surface area contributed by atoms with Crippen LogP contribution in [0.1, 0.15) is 19.8 Å². The van der Waals surface area contributed by atoms with Gasteiger partial charge in [-0.05, 0) is 13.3 Å². The minimum absolute atomic E-state index is 0.173. The summed E-state index contributed by atoms with van der Waals surface area (Å²) in [5.41, 5.74) is 4.88. The van der Waals surface area contributed by atoms with Gasteiger partial charge in [-0.25, -0.2) is 9.59 Å². The molecule has 2 atom stereocenters. The number of primary amides is 1. The van der Waals surface area contributed by atoms with Crippen molar-refractivity contribution in [1.29, 1.82) is 0 Å². The van der Waals surface area contributed by atoms with Crippen LogP contribution in [0.4, 0.5) is 4.79 Å². The molecule has 0 aromatic heterocycles. The van der Waals surface area contributed by atoms with Crippen molar-refractivity contribution in [2.45, 2.75) is 31.8 Å². The van der Waals surface area contributed by atoms with Gasteiger partial charge in [-0.1, -0.05) is 0 Å². The smallest absolute Gasteiger partial charge is 0.326 e. The molecule has 0 bridgehead atoms. The molecule has 0 saturated heterocycles. The Balaban J connectivity index is 4.17. The zero-order chi connectivity index (χ0) is 14.1. The van der Waals surface area contributed by atoms with Gasteiger partial charge in [0.25, 0.3) is 0 Å². The number of nitrogens with one attached hydrogen (secondary N) is 2. The van der Waals surface area contributed by atoms with E-state index in [-0.39, 0.29) is 6.04 Å². The number of ether oxygens (including phenoxy) is 1. The summed E-state index contributed by atoms with van der Waals surface area (Å²) in [6, 6.07) is -2.16. The van der Waals surface area contributed by atoms with Crippen LogP contribution in [0.2, 0.25) is 0 Å². The number of carboxylic acids is 1. The summed E-state index contributed by atoms with van der Waals surface area (Å²) in [5, 5.41) is 13.5. The van der Waals surface area contributed by atoms with Crippen molar-refractivity contribution in [3.05, 3.63) is 0 Å². The Hall–Kier alpha value is -1.83. The molecule has 18 heavy (non-hydrogen) atoms. The molecular formula is C10H19N3O5. The number of nitrogens with two attached hydrogens (primary N) is 1. The lowest BCUT2D eigenvalue weighted by molar-refractivity contribution is -0.140. The Bertz CT molecular complexity index is 308. The number of amides is 3. The Morgan fingerprint density at radius 2 is 1.94 bits per heavy atom. The summed E-state index contributed by atoms with van der Waals surface area (Å²) >= 11 is 0. The molecule has 0 spiro atoms. The first-order valence-corrected chi connectivity index (χ1v) is 5.44. The van der Waals surface area contributed by atoms with E-state index in [0.29, 0.717) is 13.0 Å². The molecular weight excluding hydrogens is 242 g/mol. The second-order valence-electron chi connectivity index (χ2n) is 3.86. The van der Waals surface area contributed by atoms with Crippen LogP contribution in [-0.4, -0.2) is 48.8 Å². The topological polar surface area (TPSA) is 131 Å². The average molecular weight is 261 g/mol. The number of carbonyl (C=O) groups is 3. The third-order valence-electron chi connectivity index (χ3n) is 2.14. The zero-order valence-corrected chi connectivity index (χ0v) is 10.4. The third kappa shape index (κ3) is 7.44. The van der Waals surface area contributed by atoms with E-state index in [1.54, 1.807) is 14.0 Å². The van der Waals surface area contributed by atoms with E-state index in [1.807, 2.05) is 0 Å². The van der Waals surface area contributed by atoms with Gasteiger partial charge in [0.1, 0.15) is 6.04 Å². The van der Waals surface area contributed by atoms with E-state index < -0.39 is 30.4 Å². The lowest BCUT2D eigenvalue weighted by Gasteiger charge is -2.17. The maximum Gasteiger partial charge on any atom is 0.326 e. The van der Waals surface area contributed by atoms with E-state index >= 15 is 0 Å².